The lowest BCUT2D eigenvalue weighted by Crippen LogP contribution is -2.48. The van der Waals surface area contributed by atoms with Crippen LogP contribution >= 0.6 is 0 Å². The first kappa shape index (κ1) is 13.7. The predicted molar refractivity (Wildman–Crippen MR) is 53.3 cm³/mol. The second kappa shape index (κ2) is 6.42. The fraction of sp³-hybridized carbons (Fsp3) is 1.00. The molecule has 1 aliphatic heterocycles. The van der Waals surface area contributed by atoms with Crippen LogP contribution in [0, 0.1) is 0 Å². The lowest BCUT2D eigenvalue weighted by atomic mass is 10.1. The van der Waals surface area contributed by atoms with Gasteiger partial charge in [-0.2, -0.15) is 13.2 Å². The summed E-state index contributed by atoms with van der Waals surface area (Å²) in [4.78, 5) is 0. The van der Waals surface area contributed by atoms with Crippen molar-refractivity contribution < 1.29 is 22.6 Å². The summed E-state index contributed by atoms with van der Waals surface area (Å²) in [6, 6.07) is 0.104. The molecular formula is C10H18F3NO2. The van der Waals surface area contributed by atoms with Crippen LogP contribution in [0.5, 0.6) is 0 Å². The standard InChI is InChI=1S/C10H18F3NO2/c1-2-14-8-3-5-15-7-9(8)16-6-4-10(11,12)13/h8-9,14H,2-7H2,1H3. The van der Waals surface area contributed by atoms with E-state index in [1.54, 1.807) is 0 Å². The maximum Gasteiger partial charge on any atom is 0.391 e. The molecule has 0 saturated carbocycles. The Balaban J connectivity index is 2.27. The topological polar surface area (TPSA) is 30.5 Å². The third-order valence-corrected chi connectivity index (χ3v) is 2.49. The van der Waals surface area contributed by atoms with E-state index in [1.165, 1.54) is 0 Å². The minimum absolute atomic E-state index is 0.104. The first-order chi connectivity index (χ1) is 7.53. The van der Waals surface area contributed by atoms with Gasteiger partial charge in [0.2, 0.25) is 0 Å². The number of nitrogens with one attached hydrogen (secondary N) is 1. The van der Waals surface area contributed by atoms with E-state index in [-0.39, 0.29) is 18.8 Å². The Morgan fingerprint density at radius 1 is 1.44 bits per heavy atom. The molecule has 0 bridgehead atoms. The average Bonchev–Trinajstić information content (AvgIpc) is 2.19. The molecule has 0 aliphatic carbocycles. The highest BCUT2D eigenvalue weighted by Gasteiger charge is 2.30. The zero-order valence-corrected chi connectivity index (χ0v) is 9.35. The molecule has 3 nitrogen and oxygen atoms in total. The second-order valence-electron chi connectivity index (χ2n) is 3.80. The number of hydrogen-bond acceptors (Lipinski definition) is 3. The normalized spacial score (nSPS) is 27.0. The van der Waals surface area contributed by atoms with Gasteiger partial charge in [-0.1, -0.05) is 6.92 Å². The Hall–Kier alpha value is -0.330. The quantitative estimate of drug-likeness (QED) is 0.795. The van der Waals surface area contributed by atoms with Gasteiger partial charge < -0.3 is 14.8 Å². The third kappa shape index (κ3) is 5.14. The highest BCUT2D eigenvalue weighted by Crippen LogP contribution is 2.20. The molecule has 1 N–H and O–H groups in total. The molecule has 1 rings (SSSR count). The minimum Gasteiger partial charge on any atom is -0.379 e. The SMILES string of the molecule is CCNC1CCOCC1OCCC(F)(F)F. The Morgan fingerprint density at radius 3 is 2.81 bits per heavy atom. The van der Waals surface area contributed by atoms with E-state index in [0.29, 0.717) is 13.2 Å². The van der Waals surface area contributed by atoms with Crippen molar-refractivity contribution >= 4 is 0 Å². The Kier molecular flexibility index (Phi) is 5.51. The van der Waals surface area contributed by atoms with E-state index in [0.717, 1.165) is 13.0 Å². The number of rotatable bonds is 5. The maximum atomic E-state index is 11.9. The zero-order valence-electron chi connectivity index (χ0n) is 9.35. The molecular weight excluding hydrogens is 223 g/mol. The van der Waals surface area contributed by atoms with Gasteiger partial charge in [-0.05, 0) is 13.0 Å². The third-order valence-electron chi connectivity index (χ3n) is 2.49. The molecule has 0 radical (unpaired) electrons. The summed E-state index contributed by atoms with van der Waals surface area (Å²) in [5.74, 6) is 0. The molecule has 16 heavy (non-hydrogen) atoms. The number of alkyl halides is 3. The van der Waals surface area contributed by atoms with Crippen LogP contribution in [0.3, 0.4) is 0 Å². The van der Waals surface area contributed by atoms with Crippen molar-refractivity contribution in [1.29, 1.82) is 0 Å². The fourth-order valence-corrected chi connectivity index (χ4v) is 1.70. The second-order valence-corrected chi connectivity index (χ2v) is 3.80. The van der Waals surface area contributed by atoms with Crippen LogP contribution in [0.1, 0.15) is 19.8 Å². The van der Waals surface area contributed by atoms with Crippen molar-refractivity contribution in [2.45, 2.75) is 38.1 Å². The van der Waals surface area contributed by atoms with Gasteiger partial charge in [0.1, 0.15) is 0 Å². The Morgan fingerprint density at radius 2 is 2.19 bits per heavy atom. The number of hydrogen-bond donors (Lipinski definition) is 1. The lowest BCUT2D eigenvalue weighted by Gasteiger charge is -2.32. The van der Waals surface area contributed by atoms with Gasteiger partial charge in [-0.25, -0.2) is 0 Å². The van der Waals surface area contributed by atoms with E-state index < -0.39 is 12.6 Å². The molecule has 1 heterocycles. The lowest BCUT2D eigenvalue weighted by molar-refractivity contribution is -0.156. The van der Waals surface area contributed by atoms with Crippen LogP contribution in [-0.4, -0.2) is 44.7 Å². The zero-order chi connectivity index (χ0) is 12.0. The fourth-order valence-electron chi connectivity index (χ4n) is 1.70. The summed E-state index contributed by atoms with van der Waals surface area (Å²) in [5, 5.41) is 3.20. The minimum atomic E-state index is -4.15. The van der Waals surface area contributed by atoms with E-state index in [9.17, 15) is 13.2 Å². The number of halogens is 3. The van der Waals surface area contributed by atoms with Crippen molar-refractivity contribution in [2.75, 3.05) is 26.4 Å². The molecule has 0 amide bonds. The number of likely N-dealkylation sites (N-methyl/N-ethyl adjacent to an activating group) is 1. The van der Waals surface area contributed by atoms with Crippen LogP contribution in [0.15, 0.2) is 0 Å². The Labute approximate surface area is 93.3 Å². The average molecular weight is 241 g/mol. The van der Waals surface area contributed by atoms with E-state index in [1.807, 2.05) is 6.92 Å². The molecule has 0 aromatic heterocycles. The van der Waals surface area contributed by atoms with Crippen LogP contribution in [0.2, 0.25) is 0 Å². The molecule has 0 spiro atoms. The van der Waals surface area contributed by atoms with E-state index >= 15 is 0 Å². The molecule has 1 saturated heterocycles. The highest BCUT2D eigenvalue weighted by molar-refractivity contribution is 4.80. The molecule has 1 aliphatic rings. The summed E-state index contributed by atoms with van der Waals surface area (Å²) in [5.41, 5.74) is 0. The maximum absolute atomic E-state index is 11.9. The van der Waals surface area contributed by atoms with Crippen LogP contribution < -0.4 is 5.32 Å². The van der Waals surface area contributed by atoms with Crippen molar-refractivity contribution in [1.82, 2.24) is 5.32 Å². The monoisotopic (exact) mass is 241 g/mol. The molecule has 6 heteroatoms. The van der Waals surface area contributed by atoms with Gasteiger partial charge in [0.15, 0.2) is 0 Å². The van der Waals surface area contributed by atoms with Crippen molar-refractivity contribution in [2.24, 2.45) is 0 Å². The summed E-state index contributed by atoms with van der Waals surface area (Å²) in [7, 11) is 0. The van der Waals surface area contributed by atoms with Gasteiger partial charge in [-0.15, -0.1) is 0 Å². The van der Waals surface area contributed by atoms with Crippen LogP contribution in [0.25, 0.3) is 0 Å². The largest absolute Gasteiger partial charge is 0.391 e. The van der Waals surface area contributed by atoms with Gasteiger partial charge in [0.25, 0.3) is 0 Å². The predicted octanol–water partition coefficient (Wildman–Crippen LogP) is 1.72. The first-order valence-electron chi connectivity index (χ1n) is 5.52. The van der Waals surface area contributed by atoms with Crippen molar-refractivity contribution in [3.63, 3.8) is 0 Å². The van der Waals surface area contributed by atoms with Crippen molar-refractivity contribution in [3.8, 4) is 0 Å². The summed E-state index contributed by atoms with van der Waals surface area (Å²) < 4.78 is 46.2. The van der Waals surface area contributed by atoms with Gasteiger partial charge in [0, 0.05) is 12.6 Å². The van der Waals surface area contributed by atoms with Crippen LogP contribution in [-0.2, 0) is 9.47 Å². The summed E-state index contributed by atoms with van der Waals surface area (Å²) in [6.45, 7) is 3.46. The van der Waals surface area contributed by atoms with Crippen molar-refractivity contribution in [3.05, 3.63) is 0 Å². The highest BCUT2D eigenvalue weighted by atomic mass is 19.4. The van der Waals surface area contributed by atoms with E-state index in [2.05, 4.69) is 5.32 Å². The smallest absolute Gasteiger partial charge is 0.379 e. The van der Waals surface area contributed by atoms with Gasteiger partial charge in [-0.3, -0.25) is 0 Å². The number of ether oxygens (including phenoxy) is 2. The molecule has 2 atom stereocenters. The molecule has 0 aromatic rings. The summed E-state index contributed by atoms with van der Waals surface area (Å²) in [6.07, 6.45) is -4.54. The van der Waals surface area contributed by atoms with Gasteiger partial charge >= 0.3 is 6.18 Å². The molecule has 96 valence electrons. The Bertz CT molecular complexity index is 197. The van der Waals surface area contributed by atoms with Crippen LogP contribution in [0.4, 0.5) is 13.2 Å². The van der Waals surface area contributed by atoms with Gasteiger partial charge in [0.05, 0.1) is 25.7 Å². The molecule has 2 unspecified atom stereocenters. The molecule has 1 fully saturated rings. The van der Waals surface area contributed by atoms with E-state index in [4.69, 9.17) is 9.47 Å². The molecule has 0 aromatic carbocycles. The summed E-state index contributed by atoms with van der Waals surface area (Å²) >= 11 is 0. The first-order valence-corrected chi connectivity index (χ1v) is 5.52.